The molecule has 0 fully saturated rings. The number of benzene rings is 2. The van der Waals surface area contributed by atoms with Gasteiger partial charge < -0.3 is 83.9 Å². The van der Waals surface area contributed by atoms with Crippen molar-refractivity contribution in [2.75, 3.05) is 110 Å². The summed E-state index contributed by atoms with van der Waals surface area (Å²) in [6.45, 7) is 34.0. The molecule has 3 aromatic rings. The van der Waals surface area contributed by atoms with Crippen molar-refractivity contribution < 1.29 is 88.2 Å². The van der Waals surface area contributed by atoms with E-state index < -0.39 is 0 Å². The number of pyridine rings is 1. The molecular formula is C50H85Br3ClN7O5. The SMILES string of the molecule is CC[N+](CC)(CC)CCOc1cc(OCC[N+](CC)(CC)CC)c(C(=O)NCCCCCC(=O)NNc2c3c(nc4ccccc24)CCCC3)cc1OCC[N+](CC)(CC)CC.Cl.[Br-].[Br-].[Br-]. The molecule has 4 rings (SSSR count). The number of aryl methyl sites for hydroxylation is 1. The van der Waals surface area contributed by atoms with Crippen molar-refractivity contribution in [2.24, 2.45) is 0 Å². The summed E-state index contributed by atoms with van der Waals surface area (Å²) in [6.07, 6.45) is 6.85. The fourth-order valence-electron chi connectivity index (χ4n) is 9.14. The van der Waals surface area contributed by atoms with Gasteiger partial charge in [0.05, 0.1) is 75.7 Å². The highest BCUT2D eigenvalue weighted by Crippen LogP contribution is 2.36. The number of amides is 2. The Morgan fingerprint density at radius 1 is 0.621 bits per heavy atom. The molecule has 16 heteroatoms. The van der Waals surface area contributed by atoms with Crippen LogP contribution in [0.5, 0.6) is 17.2 Å². The molecule has 0 saturated heterocycles. The molecule has 1 heterocycles. The van der Waals surface area contributed by atoms with Crippen LogP contribution in [0.3, 0.4) is 0 Å². The van der Waals surface area contributed by atoms with Crippen LogP contribution in [0.1, 0.15) is 122 Å². The third-order valence-electron chi connectivity index (χ3n) is 14.7. The van der Waals surface area contributed by atoms with Crippen molar-refractivity contribution in [3.05, 3.63) is 53.2 Å². The summed E-state index contributed by atoms with van der Waals surface area (Å²) in [5.74, 6) is 1.46. The minimum absolute atomic E-state index is 0. The molecule has 1 aliphatic carbocycles. The summed E-state index contributed by atoms with van der Waals surface area (Å²) < 4.78 is 22.6. The van der Waals surface area contributed by atoms with Crippen LogP contribution in [0.25, 0.3) is 10.9 Å². The van der Waals surface area contributed by atoms with Gasteiger partial charge in [-0.1, -0.05) is 24.6 Å². The van der Waals surface area contributed by atoms with Gasteiger partial charge in [0.25, 0.3) is 5.91 Å². The van der Waals surface area contributed by atoms with Gasteiger partial charge in [-0.15, -0.1) is 12.4 Å². The van der Waals surface area contributed by atoms with Crippen LogP contribution in [0.4, 0.5) is 5.69 Å². The van der Waals surface area contributed by atoms with E-state index in [0.717, 1.165) is 153 Å². The van der Waals surface area contributed by atoms with E-state index in [4.69, 9.17) is 19.2 Å². The molecule has 1 aromatic heterocycles. The highest BCUT2D eigenvalue weighted by molar-refractivity contribution is 5.98. The number of ether oxygens (including phenoxy) is 3. The molecular weight excluding hydrogens is 1050 g/mol. The summed E-state index contributed by atoms with van der Waals surface area (Å²) in [7, 11) is 0. The van der Waals surface area contributed by atoms with E-state index in [1.54, 1.807) is 0 Å². The number of carbonyl (C=O) groups is 2. The Morgan fingerprint density at radius 3 is 1.64 bits per heavy atom. The van der Waals surface area contributed by atoms with E-state index in [1.807, 2.05) is 30.3 Å². The Labute approximate surface area is 436 Å². The molecule has 0 aliphatic heterocycles. The van der Waals surface area contributed by atoms with Crippen LogP contribution < -0.4 is 81.3 Å². The first kappa shape index (κ1) is 63.6. The second-order valence-electron chi connectivity index (χ2n) is 17.3. The zero-order chi connectivity index (χ0) is 45.0. The Bertz CT molecular complexity index is 1840. The van der Waals surface area contributed by atoms with Crippen LogP contribution in [-0.4, -0.2) is 135 Å². The monoisotopic (exact) mass is 1140 g/mol. The molecule has 0 spiro atoms. The third kappa shape index (κ3) is 17.5. The van der Waals surface area contributed by atoms with Crippen LogP contribution in [0.2, 0.25) is 0 Å². The summed E-state index contributed by atoms with van der Waals surface area (Å²) in [5.41, 5.74) is 10.9. The summed E-state index contributed by atoms with van der Waals surface area (Å²) >= 11 is 0. The molecule has 2 amide bonds. The van der Waals surface area contributed by atoms with Crippen molar-refractivity contribution in [1.29, 1.82) is 0 Å². The smallest absolute Gasteiger partial charge is 0.255 e. The number of halogens is 4. The second-order valence-corrected chi connectivity index (χ2v) is 17.3. The number of anilines is 1. The highest BCUT2D eigenvalue weighted by atomic mass is 79.9. The van der Waals surface area contributed by atoms with Crippen LogP contribution in [0.15, 0.2) is 36.4 Å². The number of hydrazine groups is 1. The van der Waals surface area contributed by atoms with Gasteiger partial charge in [0.1, 0.15) is 45.2 Å². The molecule has 3 N–H and O–H groups in total. The number of nitrogens with zero attached hydrogens (tertiary/aromatic N) is 4. The molecule has 1 aliphatic rings. The van der Waals surface area contributed by atoms with E-state index in [1.165, 1.54) is 5.56 Å². The quantitative estimate of drug-likeness (QED) is 0.0481. The van der Waals surface area contributed by atoms with Gasteiger partial charge in [0.15, 0.2) is 11.5 Å². The standard InChI is InChI=1S/C50H82N7O5.3BrH.ClH/c1-10-55(11-2,12-3)32-35-60-45-39-47(62-37-34-57(16-7,17-8)18-9)46(61-36-33-56(13-4,14-5)15-6)38-42(45)50(59)51-31-25-19-20-30-48(58)53-54-49-40-26-21-23-28-43(40)52-44-29-24-22-27-41(44)49;;;;/h21,23,26,28,38-39H,10-20,22,24-25,27,29-37H2,1-9H3,(H-2,51,52,53,54,58,59);4*1H/q+1;;;;/p-1. The minimum atomic E-state index is -0.201. The number of para-hydroxylation sites is 1. The molecule has 0 saturated carbocycles. The zero-order valence-corrected chi connectivity index (χ0v) is 47.4. The van der Waals surface area contributed by atoms with Gasteiger partial charge in [-0.05, 0) is 112 Å². The predicted molar refractivity (Wildman–Crippen MR) is 261 cm³/mol. The second kappa shape index (κ2) is 32.4. The predicted octanol–water partition coefficient (Wildman–Crippen LogP) is -0.253. The number of carbonyl (C=O) groups excluding carboxylic acids is 2. The molecule has 0 radical (unpaired) electrons. The Balaban J connectivity index is 0.0000106. The average molecular weight is 1140 g/mol. The highest BCUT2D eigenvalue weighted by Gasteiger charge is 2.26. The summed E-state index contributed by atoms with van der Waals surface area (Å²) in [6, 6.07) is 11.8. The van der Waals surface area contributed by atoms with E-state index >= 15 is 0 Å². The number of nitrogens with one attached hydrogen (secondary N) is 3. The molecule has 0 bridgehead atoms. The number of unbranched alkanes of at least 4 members (excludes halogenated alkanes) is 2. The van der Waals surface area contributed by atoms with Crippen molar-refractivity contribution in [2.45, 2.75) is 114 Å². The fourth-order valence-corrected chi connectivity index (χ4v) is 9.14. The van der Waals surface area contributed by atoms with E-state index in [-0.39, 0.29) is 75.2 Å². The summed E-state index contributed by atoms with van der Waals surface area (Å²) in [5, 5.41) is 4.19. The lowest BCUT2D eigenvalue weighted by Crippen LogP contribution is -3.00. The molecule has 12 nitrogen and oxygen atoms in total. The van der Waals surface area contributed by atoms with Crippen molar-refractivity contribution in [1.82, 2.24) is 15.7 Å². The van der Waals surface area contributed by atoms with Crippen molar-refractivity contribution in [3.63, 3.8) is 0 Å². The van der Waals surface area contributed by atoms with Gasteiger partial charge in [0, 0.05) is 36.2 Å². The van der Waals surface area contributed by atoms with Crippen molar-refractivity contribution in [3.8, 4) is 17.2 Å². The first-order valence-corrected chi connectivity index (χ1v) is 24.4. The molecule has 66 heavy (non-hydrogen) atoms. The maximum Gasteiger partial charge on any atom is 0.255 e. The Morgan fingerprint density at radius 2 is 1.11 bits per heavy atom. The lowest BCUT2D eigenvalue weighted by molar-refractivity contribution is -0.923. The van der Waals surface area contributed by atoms with E-state index in [2.05, 4.69) is 84.5 Å². The van der Waals surface area contributed by atoms with Gasteiger partial charge >= 0.3 is 0 Å². The van der Waals surface area contributed by atoms with Gasteiger partial charge in [-0.2, -0.15) is 0 Å². The summed E-state index contributed by atoms with van der Waals surface area (Å²) in [4.78, 5) is 32.0. The Kier molecular flexibility index (Phi) is 31.2. The number of rotatable bonds is 30. The number of aromatic nitrogens is 1. The van der Waals surface area contributed by atoms with Gasteiger partial charge in [-0.3, -0.25) is 25.4 Å². The molecule has 0 unspecified atom stereocenters. The topological polar surface area (TPSA) is 111 Å². The van der Waals surface area contributed by atoms with Crippen LogP contribution in [-0.2, 0) is 17.6 Å². The first-order chi connectivity index (χ1) is 30.0. The maximum absolute atomic E-state index is 14.1. The number of hydrogen-bond acceptors (Lipinski definition) is 7. The van der Waals surface area contributed by atoms with Crippen LogP contribution in [0, 0.1) is 0 Å². The lowest BCUT2D eigenvalue weighted by Gasteiger charge is -2.36. The first-order valence-electron chi connectivity index (χ1n) is 24.4. The van der Waals surface area contributed by atoms with Crippen molar-refractivity contribution >= 4 is 40.8 Å². The normalized spacial score (nSPS) is 12.3. The molecule has 2 aromatic carbocycles. The maximum atomic E-state index is 14.1. The number of hydrogen-bond donors (Lipinski definition) is 3. The van der Waals surface area contributed by atoms with E-state index in [0.29, 0.717) is 62.0 Å². The minimum Gasteiger partial charge on any atom is -1.00 e. The van der Waals surface area contributed by atoms with E-state index in [9.17, 15) is 9.59 Å². The molecule has 378 valence electrons. The van der Waals surface area contributed by atoms with Gasteiger partial charge in [-0.25, -0.2) is 0 Å². The lowest BCUT2D eigenvalue weighted by atomic mass is 9.93. The number of fused-ring (bicyclic) bond motifs is 2. The zero-order valence-electron chi connectivity index (χ0n) is 41.8. The fraction of sp³-hybridized carbons (Fsp3) is 0.660. The third-order valence-corrected chi connectivity index (χ3v) is 14.7. The largest absolute Gasteiger partial charge is 1.00 e. The average Bonchev–Trinajstić information content (AvgIpc) is 3.31. The van der Waals surface area contributed by atoms with Crippen LogP contribution >= 0.6 is 12.4 Å². The number of likely N-dealkylation sites (N-methyl/N-ethyl adjacent to an activating group) is 3. The van der Waals surface area contributed by atoms with Gasteiger partial charge in [0.2, 0.25) is 5.91 Å². The number of quaternary nitrogens is 3. The Hall–Kier alpha value is -2.40. The molecule has 0 atom stereocenters.